The van der Waals surface area contributed by atoms with Crippen LogP contribution in [0.3, 0.4) is 0 Å². The summed E-state index contributed by atoms with van der Waals surface area (Å²) in [5.41, 5.74) is 0.858. The third-order valence-corrected chi connectivity index (χ3v) is 13.2. The molecule has 2 fully saturated rings. The maximum absolute atomic E-state index is 13.6. The standard InChI is InChI=1S/C28H26ClN5O4.C23H22Cl2N4O3.C5H5NO/c1-28(2)16-33(17-28)24(35)15-34-25-21(23(9-11-31-25)38-20-4-3-10-30-14-20)12-22(27(34)37)26(36)32-13-18-5-7-19(29)8-6-18;1-23(2)12-28(13-23)19(30)11-29-20-16(18(25)7-8-26-20)9-17(22(29)32)21(31)27-10-14-3-5-15(24)6-4-14;7-5-2-1-3-6-4-5/h3-12,14H,13,15-17H2,1-2H3,(H,32,36);3-9H,10-13H2,1-2H3,(H,27,31);1-4,7H. The number of nitrogens with zero attached hydrogens (tertiary/aromatic N) is 8. The number of halogens is 3. The first kappa shape index (κ1) is 55.1. The Morgan fingerprint density at radius 1 is 0.597 bits per heavy atom. The lowest BCUT2D eigenvalue weighted by Crippen LogP contribution is -2.56. The van der Waals surface area contributed by atoms with Crippen LogP contribution in [-0.4, -0.2) is 93.8 Å². The third-order valence-electron chi connectivity index (χ3n) is 12.4. The van der Waals surface area contributed by atoms with Crippen molar-refractivity contribution >= 4 is 80.5 Å². The number of rotatable bonds is 12. The number of nitrogens with one attached hydrogen (secondary N) is 2. The molecule has 8 heterocycles. The van der Waals surface area contributed by atoms with E-state index >= 15 is 0 Å². The number of aromatic nitrogens is 6. The first-order valence-corrected chi connectivity index (χ1v) is 25.4. The van der Waals surface area contributed by atoms with Crippen LogP contribution in [0, 0.1) is 10.8 Å². The van der Waals surface area contributed by atoms with Crippen molar-refractivity contribution in [3.63, 3.8) is 0 Å². The number of benzene rings is 2. The van der Waals surface area contributed by atoms with Gasteiger partial charge in [0.1, 0.15) is 52.8 Å². The van der Waals surface area contributed by atoms with Gasteiger partial charge in [-0.2, -0.15) is 0 Å². The minimum absolute atomic E-state index is 0.0368. The molecule has 2 aliphatic heterocycles. The molecule has 0 unspecified atom stereocenters. The molecular weight excluding hydrogens is 1050 g/mol. The summed E-state index contributed by atoms with van der Waals surface area (Å²) in [4.78, 5) is 98.4. The zero-order chi connectivity index (χ0) is 55.0. The van der Waals surface area contributed by atoms with Crippen molar-refractivity contribution in [3.8, 4) is 17.2 Å². The molecule has 0 saturated carbocycles. The molecule has 396 valence electrons. The second-order valence-corrected chi connectivity index (χ2v) is 21.2. The molecule has 10 rings (SSSR count). The summed E-state index contributed by atoms with van der Waals surface area (Å²) in [5.74, 6) is -0.485. The van der Waals surface area contributed by atoms with Gasteiger partial charge in [0.25, 0.3) is 22.9 Å². The highest BCUT2D eigenvalue weighted by atomic mass is 35.5. The fourth-order valence-electron chi connectivity index (χ4n) is 8.63. The minimum atomic E-state index is -0.606. The molecule has 77 heavy (non-hydrogen) atoms. The summed E-state index contributed by atoms with van der Waals surface area (Å²) < 4.78 is 8.49. The maximum Gasteiger partial charge on any atom is 0.265 e. The van der Waals surface area contributed by atoms with Crippen LogP contribution in [-0.2, 0) is 35.8 Å². The van der Waals surface area contributed by atoms with Gasteiger partial charge < -0.3 is 30.3 Å². The third kappa shape index (κ3) is 13.8. The summed E-state index contributed by atoms with van der Waals surface area (Å²) in [6, 6.07) is 26.9. The van der Waals surface area contributed by atoms with Gasteiger partial charge in [0, 0.05) is 79.5 Å². The number of amides is 4. The molecule has 0 spiro atoms. The smallest absolute Gasteiger partial charge is 0.265 e. The van der Waals surface area contributed by atoms with Crippen LogP contribution in [0.5, 0.6) is 17.2 Å². The fraction of sp³-hybridized carbons (Fsp3) is 0.250. The Hall–Kier alpha value is -8.19. The molecule has 0 radical (unpaired) electrons. The number of ether oxygens (including phenoxy) is 1. The van der Waals surface area contributed by atoms with E-state index in [1.54, 1.807) is 113 Å². The van der Waals surface area contributed by atoms with Crippen molar-refractivity contribution in [1.29, 1.82) is 0 Å². The van der Waals surface area contributed by atoms with Gasteiger partial charge in [-0.3, -0.25) is 47.9 Å². The molecule has 2 aromatic carbocycles. The Morgan fingerprint density at radius 3 is 1.48 bits per heavy atom. The molecule has 18 nitrogen and oxygen atoms in total. The Kier molecular flexibility index (Phi) is 17.0. The van der Waals surface area contributed by atoms with E-state index in [9.17, 15) is 28.8 Å². The molecule has 21 heteroatoms. The Bertz CT molecular complexity index is 3580. The van der Waals surface area contributed by atoms with Gasteiger partial charge in [-0.25, -0.2) is 9.97 Å². The van der Waals surface area contributed by atoms with E-state index in [0.717, 1.165) is 11.1 Å². The Balaban J connectivity index is 0.000000182. The lowest BCUT2D eigenvalue weighted by molar-refractivity contribution is -0.142. The predicted octanol–water partition coefficient (Wildman–Crippen LogP) is 8.32. The van der Waals surface area contributed by atoms with Gasteiger partial charge in [-0.05, 0) is 94.8 Å². The van der Waals surface area contributed by atoms with Crippen LogP contribution in [0.2, 0.25) is 15.1 Å². The highest BCUT2D eigenvalue weighted by molar-refractivity contribution is 6.35. The molecule has 4 amide bonds. The summed E-state index contributed by atoms with van der Waals surface area (Å²) in [7, 11) is 0. The maximum atomic E-state index is 13.6. The zero-order valence-electron chi connectivity index (χ0n) is 42.4. The topological polar surface area (TPSA) is 224 Å². The van der Waals surface area contributed by atoms with Crippen molar-refractivity contribution < 1.29 is 29.0 Å². The molecule has 0 bridgehead atoms. The number of aromatic hydroxyl groups is 1. The van der Waals surface area contributed by atoms with E-state index < -0.39 is 22.9 Å². The lowest BCUT2D eigenvalue weighted by Gasteiger charge is -2.45. The van der Waals surface area contributed by atoms with E-state index in [1.807, 2.05) is 0 Å². The van der Waals surface area contributed by atoms with Crippen molar-refractivity contribution in [3.05, 3.63) is 192 Å². The van der Waals surface area contributed by atoms with Gasteiger partial charge in [0.15, 0.2) is 0 Å². The Morgan fingerprint density at radius 2 is 1.05 bits per heavy atom. The van der Waals surface area contributed by atoms with Crippen molar-refractivity contribution in [2.45, 2.75) is 53.9 Å². The molecule has 6 aromatic heterocycles. The molecule has 2 aliphatic rings. The molecule has 3 N–H and O–H groups in total. The predicted molar refractivity (Wildman–Crippen MR) is 293 cm³/mol. The number of carbonyl (C=O) groups excluding carboxylic acids is 4. The molecule has 0 aliphatic carbocycles. The highest BCUT2D eigenvalue weighted by Gasteiger charge is 2.38. The van der Waals surface area contributed by atoms with Crippen molar-refractivity contribution in [2.75, 3.05) is 26.2 Å². The Labute approximate surface area is 457 Å². The van der Waals surface area contributed by atoms with Gasteiger partial charge in [0.05, 0.1) is 22.8 Å². The summed E-state index contributed by atoms with van der Waals surface area (Å²) in [6.07, 6.45) is 9.15. The first-order chi connectivity index (χ1) is 36.7. The van der Waals surface area contributed by atoms with E-state index in [1.165, 1.54) is 39.9 Å². The average molecular weight is 1100 g/mol. The number of hydrogen-bond acceptors (Lipinski definition) is 12. The molecule has 2 saturated heterocycles. The van der Waals surface area contributed by atoms with Crippen molar-refractivity contribution in [1.82, 2.24) is 49.5 Å². The zero-order valence-corrected chi connectivity index (χ0v) is 44.6. The number of hydrogen-bond donors (Lipinski definition) is 3. The minimum Gasteiger partial charge on any atom is -0.506 e. The number of pyridine rings is 6. The van der Waals surface area contributed by atoms with Crippen LogP contribution in [0.1, 0.15) is 59.5 Å². The summed E-state index contributed by atoms with van der Waals surface area (Å²) >= 11 is 18.2. The van der Waals surface area contributed by atoms with Crippen LogP contribution in [0.15, 0.2) is 144 Å². The molecule has 0 atom stereocenters. The van der Waals surface area contributed by atoms with Crippen molar-refractivity contribution in [2.24, 2.45) is 10.8 Å². The normalized spacial score (nSPS) is 13.9. The van der Waals surface area contributed by atoms with Crippen LogP contribution < -0.4 is 26.5 Å². The quantitative estimate of drug-likeness (QED) is 0.105. The number of fused-ring (bicyclic) bond motifs is 2. The van der Waals surface area contributed by atoms with Gasteiger partial charge in [0.2, 0.25) is 11.8 Å². The second kappa shape index (κ2) is 23.8. The number of likely N-dealkylation sites (tertiary alicyclic amines) is 2. The van der Waals surface area contributed by atoms with Gasteiger partial charge in [-0.15, -0.1) is 0 Å². The van der Waals surface area contributed by atoms with E-state index in [0.29, 0.717) is 63.5 Å². The monoisotopic (exact) mass is 1100 g/mol. The van der Waals surface area contributed by atoms with E-state index in [-0.39, 0.29) is 77.0 Å². The van der Waals surface area contributed by atoms with E-state index in [2.05, 4.69) is 58.3 Å². The first-order valence-electron chi connectivity index (χ1n) is 24.2. The van der Waals surface area contributed by atoms with E-state index in [4.69, 9.17) is 44.6 Å². The van der Waals surface area contributed by atoms with Gasteiger partial charge in [-0.1, -0.05) is 86.8 Å². The van der Waals surface area contributed by atoms with Crippen LogP contribution >= 0.6 is 34.8 Å². The highest BCUT2D eigenvalue weighted by Crippen LogP contribution is 2.32. The SMILES string of the molecule is CC1(C)CN(C(=O)Cn2c(=O)c(C(=O)NCc3ccc(Cl)cc3)cc3c(Cl)ccnc32)C1.CC1(C)CN(C(=O)Cn2c(=O)c(C(=O)NCc3ccc(Cl)cc3)cc3c(Oc4cccnc4)ccnc32)C1.Oc1cccnc1. The fourth-order valence-corrected chi connectivity index (χ4v) is 9.08. The van der Waals surface area contributed by atoms with Crippen LogP contribution in [0.4, 0.5) is 0 Å². The lowest BCUT2D eigenvalue weighted by atomic mass is 9.84. The largest absolute Gasteiger partial charge is 0.506 e. The van der Waals surface area contributed by atoms with Gasteiger partial charge >= 0.3 is 0 Å². The number of carbonyl (C=O) groups is 4. The average Bonchev–Trinajstić information content (AvgIpc) is 3.39. The summed E-state index contributed by atoms with van der Waals surface area (Å²) in [5, 5.41) is 16.5. The molecular formula is C56H53Cl3N10O8. The second-order valence-electron chi connectivity index (χ2n) is 19.9. The summed E-state index contributed by atoms with van der Waals surface area (Å²) in [6.45, 7) is 10.7. The van der Waals surface area contributed by atoms with Crippen LogP contribution in [0.25, 0.3) is 22.1 Å². The molecule has 8 aromatic rings.